The molecule has 0 aromatic heterocycles. The molecule has 0 aromatic rings. The second kappa shape index (κ2) is 9.92. The van der Waals surface area contributed by atoms with E-state index >= 15 is 0 Å². The van der Waals surface area contributed by atoms with Gasteiger partial charge in [0.1, 0.15) is 0 Å². The van der Waals surface area contributed by atoms with Gasteiger partial charge in [-0.05, 0) is 34.1 Å². The Labute approximate surface area is 179 Å². The number of aliphatic hydroxyl groups is 1. The molecule has 7 nitrogen and oxygen atoms in total. The molecule has 0 aromatic carbocycles. The van der Waals surface area contributed by atoms with E-state index in [1.165, 1.54) is 0 Å². The van der Waals surface area contributed by atoms with Crippen molar-refractivity contribution in [3.05, 3.63) is 23.8 Å². The minimum absolute atomic E-state index is 0.0282. The van der Waals surface area contributed by atoms with Gasteiger partial charge in [-0.2, -0.15) is 0 Å². The van der Waals surface area contributed by atoms with Crippen LogP contribution in [0.2, 0.25) is 0 Å². The number of hydrogen-bond donors (Lipinski definition) is 2. The van der Waals surface area contributed by atoms with Crippen molar-refractivity contribution in [3.8, 4) is 0 Å². The Morgan fingerprint density at radius 3 is 2.63 bits per heavy atom. The van der Waals surface area contributed by atoms with Gasteiger partial charge in [0.05, 0.1) is 49.3 Å². The van der Waals surface area contributed by atoms with Gasteiger partial charge in [0.2, 0.25) is 5.91 Å². The Morgan fingerprint density at radius 2 is 2.00 bits per heavy atom. The summed E-state index contributed by atoms with van der Waals surface area (Å²) in [7, 11) is 0. The molecule has 3 aliphatic rings. The van der Waals surface area contributed by atoms with E-state index in [-0.39, 0.29) is 35.5 Å². The molecule has 0 bridgehead atoms. The van der Waals surface area contributed by atoms with Crippen LogP contribution in [0.15, 0.2) is 23.8 Å². The molecule has 1 spiro atoms. The molecule has 3 saturated heterocycles. The maximum Gasteiger partial charge on any atom is 0.220 e. The average Bonchev–Trinajstić information content (AvgIpc) is 3.40. The van der Waals surface area contributed by atoms with Crippen LogP contribution in [0, 0.1) is 0 Å². The third kappa shape index (κ3) is 7.46. The summed E-state index contributed by atoms with van der Waals surface area (Å²) in [4.78, 5) is 11.8. The molecule has 30 heavy (non-hydrogen) atoms. The molecule has 1 amide bonds. The van der Waals surface area contributed by atoms with E-state index in [9.17, 15) is 9.90 Å². The highest BCUT2D eigenvalue weighted by atomic mass is 16.7. The molecule has 3 heterocycles. The first-order valence-electron chi connectivity index (χ1n) is 11.0. The maximum atomic E-state index is 11.8. The molecular weight excluding hydrogens is 386 g/mol. The third-order valence-electron chi connectivity index (χ3n) is 5.67. The number of carbonyl (C=O) groups is 1. The number of allylic oxidation sites excluding steroid dienone is 2. The first kappa shape index (κ1) is 23.4. The molecule has 0 saturated carbocycles. The summed E-state index contributed by atoms with van der Waals surface area (Å²) in [6.07, 6.45) is 8.90. The van der Waals surface area contributed by atoms with Crippen molar-refractivity contribution in [2.75, 3.05) is 19.8 Å². The van der Waals surface area contributed by atoms with Crippen molar-refractivity contribution >= 4 is 5.91 Å². The first-order valence-corrected chi connectivity index (χ1v) is 11.0. The van der Waals surface area contributed by atoms with E-state index in [4.69, 9.17) is 18.9 Å². The fourth-order valence-electron chi connectivity index (χ4n) is 4.15. The monoisotopic (exact) mass is 423 g/mol. The van der Waals surface area contributed by atoms with Crippen LogP contribution in [0.1, 0.15) is 59.8 Å². The van der Waals surface area contributed by atoms with Crippen LogP contribution >= 0.6 is 0 Å². The predicted octanol–water partition coefficient (Wildman–Crippen LogP) is 2.62. The Hall–Kier alpha value is -1.25. The number of aliphatic hydroxyl groups excluding tert-OH is 1. The summed E-state index contributed by atoms with van der Waals surface area (Å²) in [5.74, 6) is -0.0843. The van der Waals surface area contributed by atoms with Crippen molar-refractivity contribution in [2.24, 2.45) is 0 Å². The molecule has 2 N–H and O–H groups in total. The van der Waals surface area contributed by atoms with Gasteiger partial charge in [0.25, 0.3) is 0 Å². The predicted molar refractivity (Wildman–Crippen MR) is 113 cm³/mol. The fourth-order valence-corrected chi connectivity index (χ4v) is 4.15. The summed E-state index contributed by atoms with van der Waals surface area (Å²) in [6, 6.07) is -0.142. The van der Waals surface area contributed by atoms with E-state index < -0.39 is 6.10 Å². The highest BCUT2D eigenvalue weighted by Crippen LogP contribution is 2.46. The zero-order valence-corrected chi connectivity index (χ0v) is 18.7. The lowest BCUT2D eigenvalue weighted by atomic mass is 9.85. The maximum absolute atomic E-state index is 11.8. The van der Waals surface area contributed by atoms with Crippen LogP contribution in [-0.4, -0.2) is 66.6 Å². The zero-order chi connectivity index (χ0) is 21.8. The lowest BCUT2D eigenvalue weighted by Gasteiger charge is -2.38. The molecule has 7 heteroatoms. The third-order valence-corrected chi connectivity index (χ3v) is 5.67. The molecule has 0 radical (unpaired) electrons. The van der Waals surface area contributed by atoms with Crippen molar-refractivity contribution < 1.29 is 28.8 Å². The minimum Gasteiger partial charge on any atom is -0.393 e. The second-order valence-electron chi connectivity index (χ2n) is 9.56. The Balaban J connectivity index is 1.37. The number of nitrogens with one attached hydrogen (secondary N) is 1. The topological polar surface area (TPSA) is 89.5 Å². The Morgan fingerprint density at radius 1 is 1.30 bits per heavy atom. The van der Waals surface area contributed by atoms with E-state index in [0.29, 0.717) is 32.5 Å². The smallest absolute Gasteiger partial charge is 0.220 e. The average molecular weight is 424 g/mol. The van der Waals surface area contributed by atoms with E-state index in [1.54, 1.807) is 6.92 Å². The van der Waals surface area contributed by atoms with Gasteiger partial charge < -0.3 is 29.4 Å². The number of rotatable bonds is 8. The Bertz CT molecular complexity index is 638. The lowest BCUT2D eigenvalue weighted by Crippen LogP contribution is -2.47. The van der Waals surface area contributed by atoms with Crippen LogP contribution in [0.3, 0.4) is 0 Å². The minimum atomic E-state index is -0.470. The lowest BCUT2D eigenvalue weighted by molar-refractivity contribution is -0.188. The largest absolute Gasteiger partial charge is 0.393 e. The summed E-state index contributed by atoms with van der Waals surface area (Å²) < 4.78 is 23.3. The van der Waals surface area contributed by atoms with Gasteiger partial charge in [0, 0.05) is 25.7 Å². The van der Waals surface area contributed by atoms with E-state index in [1.807, 2.05) is 0 Å². The van der Waals surface area contributed by atoms with Gasteiger partial charge in [-0.25, -0.2) is 0 Å². The van der Waals surface area contributed by atoms with E-state index in [0.717, 1.165) is 25.0 Å². The van der Waals surface area contributed by atoms with Gasteiger partial charge in [0.15, 0.2) is 6.29 Å². The van der Waals surface area contributed by atoms with Crippen molar-refractivity contribution in [2.45, 2.75) is 95.5 Å². The summed E-state index contributed by atoms with van der Waals surface area (Å²) in [6.45, 7) is 9.69. The molecule has 170 valence electrons. The van der Waals surface area contributed by atoms with Gasteiger partial charge in [-0.3, -0.25) is 4.79 Å². The Kier molecular flexibility index (Phi) is 7.74. The summed E-state index contributed by atoms with van der Waals surface area (Å²) >= 11 is 0. The summed E-state index contributed by atoms with van der Waals surface area (Å²) in [5.41, 5.74) is 1.00. The van der Waals surface area contributed by atoms with Gasteiger partial charge >= 0.3 is 0 Å². The second-order valence-corrected chi connectivity index (χ2v) is 9.56. The van der Waals surface area contributed by atoms with Crippen LogP contribution in [0.25, 0.3) is 0 Å². The molecule has 3 rings (SSSR count). The van der Waals surface area contributed by atoms with Gasteiger partial charge in [-0.15, -0.1) is 0 Å². The molecule has 3 unspecified atom stereocenters. The quantitative estimate of drug-likeness (QED) is 0.461. The highest BCUT2D eigenvalue weighted by molar-refractivity contribution is 5.76. The van der Waals surface area contributed by atoms with Crippen LogP contribution in [-0.2, 0) is 23.7 Å². The molecule has 0 aliphatic carbocycles. The number of amides is 1. The number of hydrogen-bond acceptors (Lipinski definition) is 6. The zero-order valence-electron chi connectivity index (χ0n) is 18.7. The SMILES string of the molecule is CC(C=CC1CC2(CO2)CC(C)(C)O1)=CCC1OCC(NC(=O)CCC(C)O)CO1. The van der Waals surface area contributed by atoms with Crippen LogP contribution in [0.4, 0.5) is 0 Å². The van der Waals surface area contributed by atoms with E-state index in [2.05, 4.69) is 44.3 Å². The van der Waals surface area contributed by atoms with Gasteiger partial charge in [-0.1, -0.05) is 23.8 Å². The van der Waals surface area contributed by atoms with Crippen LogP contribution in [0.5, 0.6) is 0 Å². The molecule has 3 fully saturated rings. The fraction of sp³-hybridized carbons (Fsp3) is 0.783. The number of epoxide rings is 1. The molecule has 3 atom stereocenters. The molecular formula is C23H37NO6. The number of ether oxygens (including phenoxy) is 4. The van der Waals surface area contributed by atoms with Crippen molar-refractivity contribution in [1.29, 1.82) is 0 Å². The van der Waals surface area contributed by atoms with Crippen molar-refractivity contribution in [3.63, 3.8) is 0 Å². The first-order chi connectivity index (χ1) is 14.1. The highest BCUT2D eigenvalue weighted by Gasteiger charge is 2.53. The van der Waals surface area contributed by atoms with Crippen molar-refractivity contribution in [1.82, 2.24) is 5.32 Å². The number of carbonyl (C=O) groups excluding carboxylic acids is 1. The van der Waals surface area contributed by atoms with Crippen LogP contribution < -0.4 is 5.32 Å². The normalized spacial score (nSPS) is 34.8. The molecule has 3 aliphatic heterocycles. The standard InChI is InChI=1S/C23H37NO6/c1-16(5-8-19-11-23(15-29-23)14-22(3,4)30-19)6-10-21-27-12-18(13-28-21)24-20(26)9-7-17(2)25/h5-6,8,17-19,21,25H,7,9-15H2,1-4H3,(H,24,26). The summed E-state index contributed by atoms with van der Waals surface area (Å²) in [5, 5.41) is 12.1.